The standard InChI is InChI=1S/C27H19NO/c1-3-9-19(10-4-1)27(20-11-5-2-6-12-20)18-17-22-25(29-27)16-15-24-26(22)21-13-7-8-14-23(21)28-24/h1-18,28H. The zero-order valence-electron chi connectivity index (χ0n) is 15.8. The number of H-pyrrole nitrogens is 1. The van der Waals surface area contributed by atoms with Gasteiger partial charge in [0.05, 0.1) is 0 Å². The van der Waals surface area contributed by atoms with E-state index in [9.17, 15) is 0 Å². The van der Waals surface area contributed by atoms with Crippen LogP contribution >= 0.6 is 0 Å². The van der Waals surface area contributed by atoms with E-state index < -0.39 is 5.60 Å². The van der Waals surface area contributed by atoms with Gasteiger partial charge in [-0.1, -0.05) is 78.9 Å². The Kier molecular flexibility index (Phi) is 3.41. The van der Waals surface area contributed by atoms with Gasteiger partial charge in [0.2, 0.25) is 0 Å². The lowest BCUT2D eigenvalue weighted by Gasteiger charge is -2.36. The van der Waals surface area contributed by atoms with Crippen LogP contribution in [0.4, 0.5) is 0 Å². The van der Waals surface area contributed by atoms with Gasteiger partial charge < -0.3 is 9.72 Å². The fraction of sp³-hybridized carbons (Fsp3) is 0.0370. The third-order valence-electron chi connectivity index (χ3n) is 5.83. The summed E-state index contributed by atoms with van der Waals surface area (Å²) in [5, 5.41) is 2.43. The van der Waals surface area contributed by atoms with Crippen LogP contribution in [0, 0.1) is 0 Å². The molecule has 5 aromatic rings. The second-order valence-electron chi connectivity index (χ2n) is 7.47. The van der Waals surface area contributed by atoms with E-state index in [0.29, 0.717) is 0 Å². The summed E-state index contributed by atoms with van der Waals surface area (Å²) in [6.45, 7) is 0. The maximum Gasteiger partial charge on any atom is 0.178 e. The van der Waals surface area contributed by atoms with Crippen molar-refractivity contribution in [3.63, 3.8) is 0 Å². The molecule has 0 spiro atoms. The monoisotopic (exact) mass is 373 g/mol. The number of para-hydroxylation sites is 1. The molecule has 0 radical (unpaired) electrons. The Bertz CT molecular complexity index is 1320. The van der Waals surface area contributed by atoms with Gasteiger partial charge in [-0.15, -0.1) is 0 Å². The smallest absolute Gasteiger partial charge is 0.178 e. The van der Waals surface area contributed by atoms with Crippen LogP contribution in [0.1, 0.15) is 16.7 Å². The molecule has 2 heteroatoms. The Morgan fingerprint density at radius 2 is 1.28 bits per heavy atom. The van der Waals surface area contributed by atoms with Crippen molar-refractivity contribution in [1.29, 1.82) is 0 Å². The Balaban J connectivity index is 1.62. The van der Waals surface area contributed by atoms with E-state index >= 15 is 0 Å². The van der Waals surface area contributed by atoms with Gasteiger partial charge in [0, 0.05) is 38.5 Å². The van der Waals surface area contributed by atoms with Gasteiger partial charge in [-0.25, -0.2) is 0 Å². The molecule has 0 amide bonds. The third-order valence-corrected chi connectivity index (χ3v) is 5.83. The predicted molar refractivity (Wildman–Crippen MR) is 119 cm³/mol. The highest BCUT2D eigenvalue weighted by atomic mass is 16.5. The van der Waals surface area contributed by atoms with E-state index in [1.807, 2.05) is 12.1 Å². The van der Waals surface area contributed by atoms with Crippen LogP contribution in [0.15, 0.2) is 103 Å². The molecule has 4 aromatic carbocycles. The van der Waals surface area contributed by atoms with Gasteiger partial charge in [-0.3, -0.25) is 0 Å². The van der Waals surface area contributed by atoms with Crippen LogP contribution in [0.25, 0.3) is 27.9 Å². The molecule has 0 saturated heterocycles. The lowest BCUT2D eigenvalue weighted by Crippen LogP contribution is -2.34. The summed E-state index contributed by atoms with van der Waals surface area (Å²) in [6.07, 6.45) is 4.42. The first-order chi connectivity index (χ1) is 14.4. The van der Waals surface area contributed by atoms with Gasteiger partial charge >= 0.3 is 0 Å². The third kappa shape index (κ3) is 2.36. The van der Waals surface area contributed by atoms with Crippen LogP contribution in [0.3, 0.4) is 0 Å². The largest absolute Gasteiger partial charge is 0.473 e. The first-order valence-corrected chi connectivity index (χ1v) is 9.88. The second kappa shape index (κ2) is 6.11. The van der Waals surface area contributed by atoms with Crippen molar-refractivity contribution in [2.45, 2.75) is 5.60 Å². The highest BCUT2D eigenvalue weighted by molar-refractivity contribution is 6.12. The molecule has 0 unspecified atom stereocenters. The summed E-state index contributed by atoms with van der Waals surface area (Å²) in [7, 11) is 0. The molecule has 29 heavy (non-hydrogen) atoms. The molecule has 1 aliphatic heterocycles. The van der Waals surface area contributed by atoms with Gasteiger partial charge in [-0.05, 0) is 30.4 Å². The van der Waals surface area contributed by atoms with Crippen LogP contribution in [-0.2, 0) is 5.60 Å². The lowest BCUT2D eigenvalue weighted by atomic mass is 9.83. The summed E-state index contributed by atoms with van der Waals surface area (Å²) in [5.41, 5.74) is 4.99. The van der Waals surface area contributed by atoms with Gasteiger partial charge in [-0.2, -0.15) is 0 Å². The molecule has 0 aliphatic carbocycles. The minimum atomic E-state index is -0.644. The van der Waals surface area contributed by atoms with E-state index in [1.54, 1.807) is 0 Å². The second-order valence-corrected chi connectivity index (χ2v) is 7.47. The SMILES string of the molecule is C1=CC(c2ccccc2)(c2ccccc2)Oc2ccc3[nH]c4ccccc4c3c21. The molecule has 0 saturated carbocycles. The summed E-state index contributed by atoms with van der Waals surface area (Å²) < 4.78 is 6.82. The van der Waals surface area contributed by atoms with Crippen molar-refractivity contribution in [2.24, 2.45) is 0 Å². The number of benzene rings is 4. The Morgan fingerprint density at radius 3 is 2.00 bits per heavy atom. The average Bonchev–Trinajstić information content (AvgIpc) is 3.19. The van der Waals surface area contributed by atoms with Crippen molar-refractivity contribution in [3.05, 3.63) is 120 Å². The molecule has 0 atom stereocenters. The van der Waals surface area contributed by atoms with Gasteiger partial charge in [0.15, 0.2) is 5.60 Å². The summed E-state index contributed by atoms with van der Waals surface area (Å²) in [4.78, 5) is 3.52. The number of rotatable bonds is 2. The van der Waals surface area contributed by atoms with E-state index in [4.69, 9.17) is 4.74 Å². The van der Waals surface area contributed by atoms with E-state index in [2.05, 4.69) is 102 Å². The number of aromatic nitrogens is 1. The molecule has 2 heterocycles. The van der Waals surface area contributed by atoms with Gasteiger partial charge in [0.1, 0.15) is 5.75 Å². The number of nitrogens with one attached hydrogen (secondary N) is 1. The zero-order chi connectivity index (χ0) is 19.3. The van der Waals surface area contributed by atoms with Crippen molar-refractivity contribution in [1.82, 2.24) is 4.98 Å². The fourth-order valence-electron chi connectivity index (χ4n) is 4.46. The van der Waals surface area contributed by atoms with E-state index in [-0.39, 0.29) is 0 Å². The Labute approximate surface area is 169 Å². The number of hydrogen-bond donors (Lipinski definition) is 1. The molecule has 6 rings (SSSR count). The Hall–Kier alpha value is -3.78. The number of hydrogen-bond acceptors (Lipinski definition) is 1. The fourth-order valence-corrected chi connectivity index (χ4v) is 4.46. The van der Waals surface area contributed by atoms with Crippen molar-refractivity contribution >= 4 is 27.9 Å². The summed E-state index contributed by atoms with van der Waals surface area (Å²) >= 11 is 0. The van der Waals surface area contributed by atoms with Crippen molar-refractivity contribution in [3.8, 4) is 5.75 Å². The molecule has 0 fully saturated rings. The topological polar surface area (TPSA) is 25.0 Å². The summed E-state index contributed by atoms with van der Waals surface area (Å²) in [5.74, 6) is 0.900. The average molecular weight is 373 g/mol. The zero-order valence-corrected chi connectivity index (χ0v) is 15.8. The van der Waals surface area contributed by atoms with Crippen molar-refractivity contribution < 1.29 is 4.74 Å². The predicted octanol–water partition coefficient (Wildman–Crippen LogP) is 6.67. The minimum absolute atomic E-state index is 0.644. The first-order valence-electron chi connectivity index (χ1n) is 9.88. The molecule has 1 aliphatic rings. The van der Waals surface area contributed by atoms with Crippen LogP contribution in [0.2, 0.25) is 0 Å². The molecule has 0 bridgehead atoms. The molecule has 138 valence electrons. The number of ether oxygens (including phenoxy) is 1. The normalized spacial score (nSPS) is 14.6. The van der Waals surface area contributed by atoms with Crippen LogP contribution in [0.5, 0.6) is 5.75 Å². The first kappa shape index (κ1) is 16.2. The van der Waals surface area contributed by atoms with Gasteiger partial charge in [0.25, 0.3) is 0 Å². The molecule has 1 aromatic heterocycles. The molecule has 1 N–H and O–H groups in total. The summed E-state index contributed by atoms with van der Waals surface area (Å²) in [6, 6.07) is 33.5. The number of fused-ring (bicyclic) bond motifs is 5. The van der Waals surface area contributed by atoms with Crippen LogP contribution < -0.4 is 4.74 Å². The molecule has 2 nitrogen and oxygen atoms in total. The van der Waals surface area contributed by atoms with E-state index in [0.717, 1.165) is 33.5 Å². The van der Waals surface area contributed by atoms with Crippen LogP contribution in [-0.4, -0.2) is 4.98 Å². The highest BCUT2D eigenvalue weighted by Gasteiger charge is 2.37. The molecular formula is C27H19NO. The van der Waals surface area contributed by atoms with Crippen molar-refractivity contribution in [2.75, 3.05) is 0 Å². The highest BCUT2D eigenvalue weighted by Crippen LogP contribution is 2.45. The maximum absolute atomic E-state index is 6.82. The number of aromatic amines is 1. The lowest BCUT2D eigenvalue weighted by molar-refractivity contribution is 0.161. The quantitative estimate of drug-likeness (QED) is 0.367. The molecular weight excluding hydrogens is 354 g/mol. The minimum Gasteiger partial charge on any atom is -0.473 e. The Morgan fingerprint density at radius 1 is 0.621 bits per heavy atom. The maximum atomic E-state index is 6.82. The van der Waals surface area contributed by atoms with E-state index in [1.165, 1.54) is 10.8 Å².